The molecule has 0 bridgehead atoms. The molecule has 6 heteroatoms. The van der Waals surface area contributed by atoms with Crippen LogP contribution < -0.4 is 5.32 Å². The van der Waals surface area contributed by atoms with Crippen LogP contribution in [0.4, 0.5) is 0 Å². The van der Waals surface area contributed by atoms with Gasteiger partial charge in [0.2, 0.25) is 5.91 Å². The van der Waals surface area contributed by atoms with Crippen molar-refractivity contribution in [1.29, 1.82) is 5.26 Å². The van der Waals surface area contributed by atoms with Gasteiger partial charge in [-0.05, 0) is 19.3 Å². The summed E-state index contributed by atoms with van der Waals surface area (Å²) in [5, 5.41) is 18.1. The normalized spacial score (nSPS) is 16.4. The summed E-state index contributed by atoms with van der Waals surface area (Å²) >= 11 is 0. The van der Waals surface area contributed by atoms with E-state index < -0.39 is 5.41 Å². The second-order valence-corrected chi connectivity index (χ2v) is 3.99. The minimum Gasteiger partial charge on any atom is -0.355 e. The zero-order chi connectivity index (χ0) is 11.4. The highest BCUT2D eigenvalue weighted by Crippen LogP contribution is 2.44. The third-order valence-corrected chi connectivity index (χ3v) is 2.74. The van der Waals surface area contributed by atoms with Gasteiger partial charge in [-0.1, -0.05) is 0 Å². The standard InChI is InChI=1S/C10H13N5O/c11-6-10(3-4-10)9(16)12-5-1-2-8-13-7-14-15-8/h7H,1-5H2,(H,12,16)(H,13,14,15). The van der Waals surface area contributed by atoms with Gasteiger partial charge in [-0.15, -0.1) is 0 Å². The number of nitrogens with zero attached hydrogens (tertiary/aromatic N) is 3. The molecule has 0 spiro atoms. The van der Waals surface area contributed by atoms with E-state index in [1.54, 1.807) is 0 Å². The van der Waals surface area contributed by atoms with Gasteiger partial charge in [0.1, 0.15) is 17.6 Å². The third-order valence-electron chi connectivity index (χ3n) is 2.74. The van der Waals surface area contributed by atoms with Crippen LogP contribution >= 0.6 is 0 Å². The van der Waals surface area contributed by atoms with Crippen LogP contribution in [0.1, 0.15) is 25.1 Å². The van der Waals surface area contributed by atoms with Crippen molar-refractivity contribution in [3.63, 3.8) is 0 Å². The van der Waals surface area contributed by atoms with E-state index in [1.807, 2.05) is 0 Å². The molecule has 1 heterocycles. The molecular weight excluding hydrogens is 206 g/mol. The van der Waals surface area contributed by atoms with Crippen LogP contribution in [-0.4, -0.2) is 27.6 Å². The summed E-state index contributed by atoms with van der Waals surface area (Å²) in [6, 6.07) is 2.07. The first-order valence-corrected chi connectivity index (χ1v) is 5.31. The summed E-state index contributed by atoms with van der Waals surface area (Å²) in [5.74, 6) is 0.684. The van der Waals surface area contributed by atoms with E-state index in [1.165, 1.54) is 6.33 Å². The Morgan fingerprint density at radius 1 is 1.69 bits per heavy atom. The molecule has 2 N–H and O–H groups in total. The molecule has 0 radical (unpaired) electrons. The third kappa shape index (κ3) is 2.19. The van der Waals surface area contributed by atoms with Gasteiger partial charge in [0, 0.05) is 13.0 Å². The number of hydrogen-bond donors (Lipinski definition) is 2. The van der Waals surface area contributed by atoms with Gasteiger partial charge in [-0.2, -0.15) is 10.4 Å². The molecule has 0 atom stereocenters. The van der Waals surface area contributed by atoms with Crippen LogP contribution in [0.3, 0.4) is 0 Å². The number of aryl methyl sites for hydroxylation is 1. The zero-order valence-corrected chi connectivity index (χ0v) is 8.86. The summed E-state index contributed by atoms with van der Waals surface area (Å²) < 4.78 is 0. The molecule has 0 unspecified atom stereocenters. The topological polar surface area (TPSA) is 94.5 Å². The van der Waals surface area contributed by atoms with Crippen LogP contribution in [0.2, 0.25) is 0 Å². The Morgan fingerprint density at radius 2 is 2.50 bits per heavy atom. The highest BCUT2D eigenvalue weighted by atomic mass is 16.2. The molecule has 1 aromatic heterocycles. The molecule has 6 nitrogen and oxygen atoms in total. The average molecular weight is 219 g/mol. The Kier molecular flexibility index (Phi) is 2.86. The van der Waals surface area contributed by atoms with Crippen molar-refractivity contribution >= 4 is 5.91 Å². The van der Waals surface area contributed by atoms with E-state index >= 15 is 0 Å². The fraction of sp³-hybridized carbons (Fsp3) is 0.600. The molecule has 0 saturated heterocycles. The molecule has 1 fully saturated rings. The SMILES string of the molecule is N#CC1(C(=O)NCCCc2ncn[nH]2)CC1. The maximum atomic E-state index is 11.6. The zero-order valence-electron chi connectivity index (χ0n) is 8.86. The number of aromatic amines is 1. The molecule has 1 aliphatic rings. The fourth-order valence-corrected chi connectivity index (χ4v) is 1.49. The van der Waals surface area contributed by atoms with Crippen molar-refractivity contribution in [1.82, 2.24) is 20.5 Å². The minimum atomic E-state index is -0.716. The first-order valence-electron chi connectivity index (χ1n) is 5.31. The van der Waals surface area contributed by atoms with E-state index in [0.29, 0.717) is 19.4 Å². The Labute approximate surface area is 93.1 Å². The number of amides is 1. The lowest BCUT2D eigenvalue weighted by atomic mass is 10.1. The summed E-state index contributed by atoms with van der Waals surface area (Å²) in [7, 11) is 0. The molecule has 0 aliphatic heterocycles. The number of aromatic nitrogens is 3. The van der Waals surface area contributed by atoms with Crippen LogP contribution in [0, 0.1) is 16.7 Å². The maximum Gasteiger partial charge on any atom is 0.240 e. The van der Waals surface area contributed by atoms with Gasteiger partial charge in [-0.3, -0.25) is 9.89 Å². The van der Waals surface area contributed by atoms with Crippen molar-refractivity contribution in [3.8, 4) is 6.07 Å². The van der Waals surface area contributed by atoms with Gasteiger partial charge in [0.25, 0.3) is 0 Å². The maximum absolute atomic E-state index is 11.6. The van der Waals surface area contributed by atoms with E-state index in [9.17, 15) is 4.79 Å². The monoisotopic (exact) mass is 219 g/mol. The number of H-pyrrole nitrogens is 1. The summed E-state index contributed by atoms with van der Waals surface area (Å²) in [5.41, 5.74) is -0.716. The van der Waals surface area contributed by atoms with Gasteiger partial charge >= 0.3 is 0 Å². The quantitative estimate of drug-likeness (QED) is 0.689. The molecule has 1 saturated carbocycles. The largest absolute Gasteiger partial charge is 0.355 e. The lowest BCUT2D eigenvalue weighted by Gasteiger charge is -2.06. The Morgan fingerprint density at radius 3 is 3.06 bits per heavy atom. The van der Waals surface area contributed by atoms with E-state index in [4.69, 9.17) is 5.26 Å². The number of carbonyl (C=O) groups is 1. The van der Waals surface area contributed by atoms with Gasteiger partial charge in [0.05, 0.1) is 6.07 Å². The smallest absolute Gasteiger partial charge is 0.240 e. The van der Waals surface area contributed by atoms with E-state index in [2.05, 4.69) is 26.6 Å². The lowest BCUT2D eigenvalue weighted by molar-refractivity contribution is -0.124. The molecule has 1 aromatic rings. The molecule has 16 heavy (non-hydrogen) atoms. The van der Waals surface area contributed by atoms with Crippen molar-refractivity contribution in [2.75, 3.05) is 6.54 Å². The Hall–Kier alpha value is -1.90. The van der Waals surface area contributed by atoms with Crippen molar-refractivity contribution in [2.24, 2.45) is 5.41 Å². The lowest BCUT2D eigenvalue weighted by Crippen LogP contribution is -2.32. The summed E-state index contributed by atoms with van der Waals surface area (Å²) in [4.78, 5) is 15.5. The number of carbonyl (C=O) groups excluding carboxylic acids is 1. The van der Waals surface area contributed by atoms with E-state index in [0.717, 1.165) is 18.7 Å². The second kappa shape index (κ2) is 4.31. The predicted octanol–water partition coefficient (Wildman–Crippen LogP) is 0.157. The highest BCUT2D eigenvalue weighted by molar-refractivity contribution is 5.88. The molecule has 1 amide bonds. The molecule has 84 valence electrons. The second-order valence-electron chi connectivity index (χ2n) is 3.99. The van der Waals surface area contributed by atoms with Crippen molar-refractivity contribution in [2.45, 2.75) is 25.7 Å². The predicted molar refractivity (Wildman–Crippen MR) is 55.0 cm³/mol. The summed E-state index contributed by atoms with van der Waals surface area (Å²) in [6.45, 7) is 0.572. The van der Waals surface area contributed by atoms with Crippen molar-refractivity contribution in [3.05, 3.63) is 12.2 Å². The first kappa shape index (κ1) is 10.6. The number of hydrogen-bond acceptors (Lipinski definition) is 4. The van der Waals surface area contributed by atoms with Crippen LogP contribution in [0.25, 0.3) is 0 Å². The van der Waals surface area contributed by atoms with Crippen LogP contribution in [-0.2, 0) is 11.2 Å². The highest BCUT2D eigenvalue weighted by Gasteiger charge is 2.50. The average Bonchev–Trinajstić information content (AvgIpc) is 2.94. The van der Waals surface area contributed by atoms with Crippen LogP contribution in [0.5, 0.6) is 0 Å². The summed E-state index contributed by atoms with van der Waals surface area (Å²) in [6.07, 6.45) is 4.39. The Balaban J connectivity index is 1.66. The number of nitriles is 1. The van der Waals surface area contributed by atoms with Gasteiger partial charge in [-0.25, -0.2) is 4.98 Å². The van der Waals surface area contributed by atoms with Gasteiger partial charge in [0.15, 0.2) is 0 Å². The molecule has 1 aliphatic carbocycles. The first-order chi connectivity index (χ1) is 7.77. The van der Waals surface area contributed by atoms with Crippen LogP contribution in [0.15, 0.2) is 6.33 Å². The van der Waals surface area contributed by atoms with Crippen molar-refractivity contribution < 1.29 is 4.79 Å². The molecule has 0 aromatic carbocycles. The molecule has 2 rings (SSSR count). The molecular formula is C10H13N5O. The fourth-order valence-electron chi connectivity index (χ4n) is 1.49. The number of nitrogens with one attached hydrogen (secondary N) is 2. The minimum absolute atomic E-state index is 0.132. The van der Waals surface area contributed by atoms with E-state index in [-0.39, 0.29) is 5.91 Å². The van der Waals surface area contributed by atoms with Gasteiger partial charge < -0.3 is 5.32 Å². The Bertz CT molecular complexity index is 401. The number of rotatable bonds is 5.